The lowest BCUT2D eigenvalue weighted by Gasteiger charge is -2.37. The van der Waals surface area contributed by atoms with Gasteiger partial charge >= 0.3 is 5.63 Å². The van der Waals surface area contributed by atoms with Crippen LogP contribution in [0.25, 0.3) is 11.0 Å². The third kappa shape index (κ3) is 2.01. The highest BCUT2D eigenvalue weighted by Gasteiger charge is 2.26. The van der Waals surface area contributed by atoms with Crippen molar-refractivity contribution in [2.75, 3.05) is 18.0 Å². The molecule has 0 atom stereocenters. The van der Waals surface area contributed by atoms with E-state index < -0.39 is 0 Å². The number of benzene rings is 1. The van der Waals surface area contributed by atoms with E-state index in [2.05, 4.69) is 11.0 Å². The molecule has 3 heteroatoms. The maximum absolute atomic E-state index is 11.4. The highest BCUT2D eigenvalue weighted by Crippen LogP contribution is 2.39. The molecule has 0 fully saturated rings. The van der Waals surface area contributed by atoms with Gasteiger partial charge in [-0.05, 0) is 43.4 Å². The molecule has 2 aliphatic rings. The van der Waals surface area contributed by atoms with Gasteiger partial charge in [-0.15, -0.1) is 0 Å². The van der Waals surface area contributed by atoms with E-state index in [0.717, 1.165) is 43.3 Å². The Bertz CT molecular complexity index is 685. The van der Waals surface area contributed by atoms with Gasteiger partial charge in [0.1, 0.15) is 5.58 Å². The molecule has 0 amide bonds. The van der Waals surface area contributed by atoms with E-state index in [1.807, 2.05) is 19.9 Å². The average Bonchev–Trinajstić information content (AvgIpc) is 2.51. The van der Waals surface area contributed by atoms with Crippen LogP contribution in [0.5, 0.6) is 0 Å². The van der Waals surface area contributed by atoms with Crippen molar-refractivity contribution in [1.29, 1.82) is 0 Å². The van der Waals surface area contributed by atoms with E-state index >= 15 is 0 Å². The topological polar surface area (TPSA) is 33.5 Å². The molecule has 0 saturated carbocycles. The van der Waals surface area contributed by atoms with Crippen LogP contribution in [0.2, 0.25) is 0 Å². The first-order valence-corrected chi connectivity index (χ1v) is 7.66. The van der Waals surface area contributed by atoms with Crippen molar-refractivity contribution in [2.45, 2.75) is 39.5 Å². The summed E-state index contributed by atoms with van der Waals surface area (Å²) in [4.78, 5) is 13.9. The number of fused-ring (bicyclic) bond motifs is 2. The first-order valence-electron chi connectivity index (χ1n) is 7.66. The van der Waals surface area contributed by atoms with Gasteiger partial charge in [-0.1, -0.05) is 13.8 Å². The lowest BCUT2D eigenvalue weighted by Crippen LogP contribution is -2.34. The van der Waals surface area contributed by atoms with Gasteiger partial charge in [0.15, 0.2) is 0 Å². The van der Waals surface area contributed by atoms with Crippen LogP contribution in [0.1, 0.15) is 37.8 Å². The zero-order valence-corrected chi connectivity index (χ0v) is 12.2. The Kier molecular flexibility index (Phi) is 3.51. The monoisotopic (exact) mass is 271 g/mol. The van der Waals surface area contributed by atoms with Crippen molar-refractivity contribution in [1.82, 2.24) is 0 Å². The Morgan fingerprint density at radius 1 is 1.10 bits per heavy atom. The molecule has 0 spiro atoms. The van der Waals surface area contributed by atoms with Crippen LogP contribution < -0.4 is 10.5 Å². The second-order valence-electron chi connectivity index (χ2n) is 5.23. The van der Waals surface area contributed by atoms with Crippen molar-refractivity contribution >= 4 is 16.7 Å². The van der Waals surface area contributed by atoms with Crippen molar-refractivity contribution < 1.29 is 4.42 Å². The van der Waals surface area contributed by atoms with Crippen molar-refractivity contribution in [3.63, 3.8) is 0 Å². The summed E-state index contributed by atoms with van der Waals surface area (Å²) in [5, 5.41) is 1.08. The van der Waals surface area contributed by atoms with E-state index in [0.29, 0.717) is 0 Å². The smallest absolute Gasteiger partial charge is 0.336 e. The van der Waals surface area contributed by atoms with Crippen LogP contribution in [0.3, 0.4) is 0 Å². The van der Waals surface area contributed by atoms with E-state index in [4.69, 9.17) is 4.42 Å². The van der Waals surface area contributed by atoms with Gasteiger partial charge in [-0.25, -0.2) is 4.79 Å². The molecule has 4 rings (SSSR count). The summed E-state index contributed by atoms with van der Waals surface area (Å²) in [5.74, 6) is 0. The summed E-state index contributed by atoms with van der Waals surface area (Å²) >= 11 is 0. The Labute approximate surface area is 119 Å². The van der Waals surface area contributed by atoms with E-state index in [9.17, 15) is 4.79 Å². The molecule has 1 aromatic carbocycles. The van der Waals surface area contributed by atoms with Crippen molar-refractivity contribution in [3.05, 3.63) is 39.7 Å². The van der Waals surface area contributed by atoms with Gasteiger partial charge in [0.05, 0.1) is 0 Å². The molecule has 2 aliphatic heterocycles. The predicted molar refractivity (Wildman–Crippen MR) is 82.7 cm³/mol. The number of anilines is 1. The Balaban J connectivity index is 0.000000581. The fraction of sp³-hybridized carbons (Fsp3) is 0.471. The molecule has 106 valence electrons. The molecule has 0 saturated heterocycles. The minimum Gasteiger partial charge on any atom is -0.422 e. The first kappa shape index (κ1) is 13.2. The van der Waals surface area contributed by atoms with Gasteiger partial charge in [0.25, 0.3) is 0 Å². The summed E-state index contributed by atoms with van der Waals surface area (Å²) in [6.45, 7) is 6.28. The third-order valence-electron chi connectivity index (χ3n) is 4.10. The molecular weight excluding hydrogens is 250 g/mol. The Morgan fingerprint density at radius 2 is 1.85 bits per heavy atom. The van der Waals surface area contributed by atoms with Gasteiger partial charge in [-0.2, -0.15) is 0 Å². The third-order valence-corrected chi connectivity index (χ3v) is 4.10. The molecule has 3 nitrogen and oxygen atoms in total. The Hall–Kier alpha value is -1.77. The van der Waals surface area contributed by atoms with Gasteiger partial charge in [0.2, 0.25) is 0 Å². The zero-order valence-electron chi connectivity index (χ0n) is 12.2. The molecule has 0 aliphatic carbocycles. The number of aryl methyl sites for hydroxylation is 2. The number of rotatable bonds is 0. The van der Waals surface area contributed by atoms with Crippen molar-refractivity contribution in [3.8, 4) is 0 Å². The molecule has 0 N–H and O–H groups in total. The summed E-state index contributed by atoms with van der Waals surface area (Å²) in [7, 11) is 0. The molecule has 0 bridgehead atoms. The summed E-state index contributed by atoms with van der Waals surface area (Å²) in [6.07, 6.45) is 4.57. The molecular formula is C17H21NO2. The fourth-order valence-electron chi connectivity index (χ4n) is 3.39. The zero-order chi connectivity index (χ0) is 14.1. The standard InChI is InChI=1S/C15H15NO2.C2H6/c17-13-6-5-11-9-10-3-1-7-16-8-2-4-12(14(10)16)15(11)18-13;1-2/h5-6,9H,1-4,7-8H2;1-2H3. The predicted octanol–water partition coefficient (Wildman–Crippen LogP) is 3.52. The van der Waals surface area contributed by atoms with Gasteiger partial charge in [-0.3, -0.25) is 0 Å². The molecule has 1 aromatic heterocycles. The largest absolute Gasteiger partial charge is 0.422 e. The summed E-state index contributed by atoms with van der Waals surface area (Å²) in [6, 6.07) is 5.62. The maximum Gasteiger partial charge on any atom is 0.336 e. The lowest BCUT2D eigenvalue weighted by atomic mass is 9.90. The molecule has 3 heterocycles. The van der Waals surface area contributed by atoms with E-state index in [1.54, 1.807) is 0 Å². The quantitative estimate of drug-likeness (QED) is 0.687. The molecule has 2 aromatic rings. The van der Waals surface area contributed by atoms with Crippen LogP contribution in [0, 0.1) is 0 Å². The second kappa shape index (κ2) is 5.31. The van der Waals surface area contributed by atoms with Crippen LogP contribution in [-0.2, 0) is 12.8 Å². The van der Waals surface area contributed by atoms with Gasteiger partial charge < -0.3 is 9.32 Å². The van der Waals surface area contributed by atoms with E-state index in [1.165, 1.54) is 29.3 Å². The highest BCUT2D eigenvalue weighted by molar-refractivity contribution is 5.88. The van der Waals surface area contributed by atoms with Crippen LogP contribution in [-0.4, -0.2) is 13.1 Å². The van der Waals surface area contributed by atoms with Crippen LogP contribution in [0.4, 0.5) is 5.69 Å². The van der Waals surface area contributed by atoms with Crippen LogP contribution in [0.15, 0.2) is 27.4 Å². The normalized spacial score (nSPS) is 16.4. The fourth-order valence-corrected chi connectivity index (χ4v) is 3.39. The van der Waals surface area contributed by atoms with Gasteiger partial charge in [0, 0.05) is 35.8 Å². The maximum atomic E-state index is 11.4. The molecule has 0 radical (unpaired) electrons. The average molecular weight is 271 g/mol. The molecule has 20 heavy (non-hydrogen) atoms. The number of hydrogen-bond donors (Lipinski definition) is 0. The Morgan fingerprint density at radius 3 is 2.65 bits per heavy atom. The SMILES string of the molecule is CC.O=c1ccc2cc3c4c(c2o1)CCCN4CCC3. The lowest BCUT2D eigenvalue weighted by molar-refractivity contribution is 0.549. The molecule has 0 unspecified atom stereocenters. The first-order chi connectivity index (χ1) is 9.83. The summed E-state index contributed by atoms with van der Waals surface area (Å²) < 4.78 is 5.45. The summed E-state index contributed by atoms with van der Waals surface area (Å²) in [5.41, 5.74) is 4.61. The number of hydrogen-bond acceptors (Lipinski definition) is 3. The van der Waals surface area contributed by atoms with E-state index in [-0.39, 0.29) is 5.63 Å². The minimum absolute atomic E-state index is 0.244. The van der Waals surface area contributed by atoms with Crippen molar-refractivity contribution in [2.24, 2.45) is 0 Å². The second-order valence-corrected chi connectivity index (χ2v) is 5.23. The van der Waals surface area contributed by atoms with Crippen LogP contribution >= 0.6 is 0 Å². The highest BCUT2D eigenvalue weighted by atomic mass is 16.4. The number of nitrogens with zero attached hydrogens (tertiary/aromatic N) is 1. The minimum atomic E-state index is -0.244.